The fourth-order valence-electron chi connectivity index (χ4n) is 1.99. The fraction of sp³-hybridized carbons (Fsp3) is 0.455. The first-order valence-corrected chi connectivity index (χ1v) is 4.76. The Hall–Kier alpha value is -1.18. The molecule has 1 unspecified atom stereocenters. The zero-order valence-electron chi connectivity index (χ0n) is 8.04. The summed E-state index contributed by atoms with van der Waals surface area (Å²) in [5.74, 6) is 1.46. The smallest absolute Gasteiger partial charge is 0.121 e. The molecule has 0 spiro atoms. The van der Waals surface area contributed by atoms with Crippen LogP contribution < -0.4 is 5.32 Å². The molecule has 13 heavy (non-hydrogen) atoms. The number of fused-ring (bicyclic) bond motifs is 1. The summed E-state index contributed by atoms with van der Waals surface area (Å²) in [6.07, 6.45) is 0. The van der Waals surface area contributed by atoms with Gasteiger partial charge in [-0.05, 0) is 18.1 Å². The van der Waals surface area contributed by atoms with Crippen LogP contribution in [0.1, 0.15) is 25.3 Å². The number of aromatic hydroxyl groups is 1. The van der Waals surface area contributed by atoms with Gasteiger partial charge in [-0.1, -0.05) is 19.9 Å². The third-order valence-electron chi connectivity index (χ3n) is 2.77. The Labute approximate surface area is 78.6 Å². The van der Waals surface area contributed by atoms with Crippen molar-refractivity contribution in [2.24, 2.45) is 5.92 Å². The van der Waals surface area contributed by atoms with Gasteiger partial charge < -0.3 is 10.4 Å². The Bertz CT molecular complexity index is 320. The van der Waals surface area contributed by atoms with Crippen LogP contribution in [0.4, 0.5) is 5.69 Å². The van der Waals surface area contributed by atoms with Gasteiger partial charge in [0.15, 0.2) is 0 Å². The van der Waals surface area contributed by atoms with Gasteiger partial charge in [0, 0.05) is 23.7 Å². The summed E-state index contributed by atoms with van der Waals surface area (Å²) in [5, 5.41) is 13.0. The number of phenols is 1. The zero-order valence-corrected chi connectivity index (χ0v) is 8.04. The maximum Gasteiger partial charge on any atom is 0.121 e. The molecular formula is C11H15NO. The van der Waals surface area contributed by atoms with Gasteiger partial charge in [-0.25, -0.2) is 0 Å². The molecule has 2 nitrogen and oxygen atoms in total. The topological polar surface area (TPSA) is 32.3 Å². The average Bonchev–Trinajstić information content (AvgIpc) is 2.49. The third-order valence-corrected chi connectivity index (χ3v) is 2.77. The molecular weight excluding hydrogens is 162 g/mol. The second kappa shape index (κ2) is 2.95. The van der Waals surface area contributed by atoms with E-state index in [-0.39, 0.29) is 0 Å². The van der Waals surface area contributed by atoms with Crippen molar-refractivity contribution in [3.63, 3.8) is 0 Å². The zero-order chi connectivity index (χ0) is 9.42. The lowest BCUT2D eigenvalue weighted by Gasteiger charge is -2.14. The number of hydrogen-bond acceptors (Lipinski definition) is 2. The molecule has 0 aromatic heterocycles. The first kappa shape index (κ1) is 8.42. The molecule has 0 fully saturated rings. The third kappa shape index (κ3) is 1.26. The van der Waals surface area contributed by atoms with Crippen molar-refractivity contribution in [2.75, 3.05) is 11.9 Å². The van der Waals surface area contributed by atoms with E-state index in [1.807, 2.05) is 12.1 Å². The molecule has 1 heterocycles. The molecule has 2 heteroatoms. The largest absolute Gasteiger partial charge is 0.508 e. The van der Waals surface area contributed by atoms with Crippen LogP contribution in [0.15, 0.2) is 18.2 Å². The van der Waals surface area contributed by atoms with E-state index >= 15 is 0 Å². The number of anilines is 1. The number of hydrogen-bond donors (Lipinski definition) is 2. The van der Waals surface area contributed by atoms with Crippen molar-refractivity contribution in [1.82, 2.24) is 0 Å². The quantitative estimate of drug-likeness (QED) is 0.691. The van der Waals surface area contributed by atoms with E-state index < -0.39 is 0 Å². The molecule has 2 N–H and O–H groups in total. The van der Waals surface area contributed by atoms with Crippen molar-refractivity contribution >= 4 is 5.69 Å². The van der Waals surface area contributed by atoms with Crippen molar-refractivity contribution in [3.05, 3.63) is 23.8 Å². The number of phenolic OH excluding ortho intramolecular Hbond substituents is 1. The standard InChI is InChI=1S/C11H15NO/c1-7(2)8-6-12-9-4-3-5-10(13)11(8)9/h3-5,7-8,12-13H,6H2,1-2H3. The van der Waals surface area contributed by atoms with Gasteiger partial charge in [-0.2, -0.15) is 0 Å². The molecule has 1 atom stereocenters. The van der Waals surface area contributed by atoms with Gasteiger partial charge in [-0.3, -0.25) is 0 Å². The summed E-state index contributed by atoms with van der Waals surface area (Å²) in [4.78, 5) is 0. The van der Waals surface area contributed by atoms with E-state index in [1.54, 1.807) is 6.07 Å². The van der Waals surface area contributed by atoms with E-state index in [1.165, 1.54) is 0 Å². The van der Waals surface area contributed by atoms with Crippen molar-refractivity contribution < 1.29 is 5.11 Å². The first-order valence-electron chi connectivity index (χ1n) is 4.76. The van der Waals surface area contributed by atoms with Crippen LogP contribution in [0.3, 0.4) is 0 Å². The van der Waals surface area contributed by atoms with Gasteiger partial charge in [0.2, 0.25) is 0 Å². The molecule has 0 saturated carbocycles. The Balaban J connectivity index is 2.46. The molecule has 70 valence electrons. The molecule has 1 aromatic carbocycles. The fourth-order valence-corrected chi connectivity index (χ4v) is 1.99. The second-order valence-corrected chi connectivity index (χ2v) is 3.97. The van der Waals surface area contributed by atoms with Gasteiger partial charge in [0.25, 0.3) is 0 Å². The van der Waals surface area contributed by atoms with Crippen LogP contribution in [-0.2, 0) is 0 Å². The van der Waals surface area contributed by atoms with Gasteiger partial charge >= 0.3 is 0 Å². The van der Waals surface area contributed by atoms with E-state index in [0.29, 0.717) is 17.6 Å². The van der Waals surface area contributed by atoms with Gasteiger partial charge in [-0.15, -0.1) is 0 Å². The Morgan fingerprint density at radius 2 is 2.23 bits per heavy atom. The van der Waals surface area contributed by atoms with Crippen LogP contribution in [0.25, 0.3) is 0 Å². The molecule has 1 aliphatic heterocycles. The van der Waals surface area contributed by atoms with Crippen LogP contribution in [0.2, 0.25) is 0 Å². The molecule has 0 saturated heterocycles. The minimum atomic E-state index is 0.432. The molecule has 2 rings (SSSR count). The Kier molecular flexibility index (Phi) is 1.91. The monoisotopic (exact) mass is 177 g/mol. The van der Waals surface area contributed by atoms with E-state index in [4.69, 9.17) is 0 Å². The number of benzene rings is 1. The molecule has 0 radical (unpaired) electrons. The summed E-state index contributed by atoms with van der Waals surface area (Å²) in [6.45, 7) is 5.33. The lowest BCUT2D eigenvalue weighted by molar-refractivity contribution is 0.449. The van der Waals surface area contributed by atoms with E-state index in [2.05, 4.69) is 19.2 Å². The van der Waals surface area contributed by atoms with Crippen molar-refractivity contribution in [1.29, 1.82) is 0 Å². The summed E-state index contributed by atoms with van der Waals surface area (Å²) in [5.41, 5.74) is 2.19. The Morgan fingerprint density at radius 3 is 2.92 bits per heavy atom. The maximum atomic E-state index is 9.71. The highest BCUT2D eigenvalue weighted by molar-refractivity contribution is 5.63. The van der Waals surface area contributed by atoms with Crippen LogP contribution >= 0.6 is 0 Å². The highest BCUT2D eigenvalue weighted by Gasteiger charge is 2.27. The summed E-state index contributed by atoms with van der Waals surface area (Å²) in [6, 6.07) is 5.67. The lowest BCUT2D eigenvalue weighted by Crippen LogP contribution is -2.08. The lowest BCUT2D eigenvalue weighted by atomic mass is 9.90. The second-order valence-electron chi connectivity index (χ2n) is 3.97. The Morgan fingerprint density at radius 1 is 1.46 bits per heavy atom. The molecule has 0 amide bonds. The first-order chi connectivity index (χ1) is 6.20. The van der Waals surface area contributed by atoms with Gasteiger partial charge in [0.05, 0.1) is 0 Å². The van der Waals surface area contributed by atoms with Crippen molar-refractivity contribution in [3.8, 4) is 5.75 Å². The summed E-state index contributed by atoms with van der Waals surface area (Å²) < 4.78 is 0. The molecule has 0 aliphatic carbocycles. The van der Waals surface area contributed by atoms with Crippen LogP contribution in [0, 0.1) is 5.92 Å². The van der Waals surface area contributed by atoms with Crippen molar-refractivity contribution in [2.45, 2.75) is 19.8 Å². The van der Waals surface area contributed by atoms with Gasteiger partial charge in [0.1, 0.15) is 5.75 Å². The normalized spacial score (nSPS) is 20.1. The number of rotatable bonds is 1. The minimum absolute atomic E-state index is 0.432. The molecule has 0 bridgehead atoms. The minimum Gasteiger partial charge on any atom is -0.508 e. The molecule has 1 aliphatic rings. The van der Waals surface area contributed by atoms with Crippen LogP contribution in [0.5, 0.6) is 5.75 Å². The SMILES string of the molecule is CC(C)C1CNc2cccc(O)c21. The van der Waals surface area contributed by atoms with E-state index in [0.717, 1.165) is 17.8 Å². The molecule has 1 aromatic rings. The highest BCUT2D eigenvalue weighted by Crippen LogP contribution is 2.41. The van der Waals surface area contributed by atoms with Crippen LogP contribution in [-0.4, -0.2) is 11.7 Å². The summed E-state index contributed by atoms with van der Waals surface area (Å²) >= 11 is 0. The summed E-state index contributed by atoms with van der Waals surface area (Å²) in [7, 11) is 0. The predicted octanol–water partition coefficient (Wildman–Crippen LogP) is 2.56. The number of nitrogens with one attached hydrogen (secondary N) is 1. The average molecular weight is 177 g/mol. The maximum absolute atomic E-state index is 9.71. The predicted molar refractivity (Wildman–Crippen MR) is 54.2 cm³/mol. The van der Waals surface area contributed by atoms with E-state index in [9.17, 15) is 5.11 Å². The highest BCUT2D eigenvalue weighted by atomic mass is 16.3.